The van der Waals surface area contributed by atoms with E-state index in [2.05, 4.69) is 15.5 Å². The second-order valence-corrected chi connectivity index (χ2v) is 10.0. The van der Waals surface area contributed by atoms with E-state index >= 15 is 0 Å². The lowest BCUT2D eigenvalue weighted by molar-refractivity contribution is -0.121. The van der Waals surface area contributed by atoms with Gasteiger partial charge in [-0.25, -0.2) is 0 Å². The molecule has 1 atom stereocenters. The first-order valence-electron chi connectivity index (χ1n) is 13.0. The summed E-state index contributed by atoms with van der Waals surface area (Å²) in [6, 6.07) is 16.6. The maximum absolute atomic E-state index is 13.1. The van der Waals surface area contributed by atoms with Crippen molar-refractivity contribution < 1.29 is 24.5 Å². The number of ketones is 1. The highest BCUT2D eigenvalue weighted by atomic mass is 35.5. The lowest BCUT2D eigenvalue weighted by atomic mass is 10.00. The topological polar surface area (TPSA) is 139 Å². The number of nitrogens with one attached hydrogen (secondary N) is 1. The number of hydrogen-bond acceptors (Lipinski definition) is 8. The van der Waals surface area contributed by atoms with Crippen LogP contribution in [0.15, 0.2) is 65.7 Å². The summed E-state index contributed by atoms with van der Waals surface area (Å²) in [7, 11) is 1.60. The van der Waals surface area contributed by atoms with Crippen LogP contribution in [0.3, 0.4) is 0 Å². The minimum absolute atomic E-state index is 0.00163. The zero-order valence-electron chi connectivity index (χ0n) is 22.5. The number of carbonyl (C=O) groups is 2. The first-order chi connectivity index (χ1) is 19.8. The summed E-state index contributed by atoms with van der Waals surface area (Å²) >= 11 is 6.15. The van der Waals surface area contributed by atoms with Crippen LogP contribution < -0.4 is 10.1 Å². The SMILES string of the molecule is COc1ccc2c(c1)C(c1ccc(Cl)cc1)=N[C@@H](CC(=O)NCCCC(=O)c1cccc(O)c1O)c1nnc(C)n1-2. The number of amides is 1. The van der Waals surface area contributed by atoms with E-state index in [4.69, 9.17) is 21.3 Å². The summed E-state index contributed by atoms with van der Waals surface area (Å²) in [5, 5.41) is 31.7. The average molecular weight is 574 g/mol. The molecular formula is C30H28ClN5O5. The van der Waals surface area contributed by atoms with Gasteiger partial charge < -0.3 is 20.3 Å². The molecule has 2 heterocycles. The number of benzene rings is 3. The van der Waals surface area contributed by atoms with Crippen LogP contribution in [0.5, 0.6) is 17.2 Å². The predicted octanol–water partition coefficient (Wildman–Crippen LogP) is 4.71. The smallest absolute Gasteiger partial charge is 0.222 e. The minimum atomic E-state index is -0.647. The third-order valence-electron chi connectivity index (χ3n) is 6.85. The van der Waals surface area contributed by atoms with E-state index < -0.39 is 11.8 Å². The van der Waals surface area contributed by atoms with Crippen molar-refractivity contribution in [3.8, 4) is 22.9 Å². The van der Waals surface area contributed by atoms with Crippen LogP contribution in [0, 0.1) is 6.92 Å². The Kier molecular flexibility index (Phi) is 8.02. The highest BCUT2D eigenvalue weighted by molar-refractivity contribution is 6.30. The summed E-state index contributed by atoms with van der Waals surface area (Å²) in [6.45, 7) is 2.09. The molecule has 3 aromatic carbocycles. The molecule has 1 aliphatic rings. The number of aromatic nitrogens is 3. The van der Waals surface area contributed by atoms with Gasteiger partial charge in [0.05, 0.1) is 30.5 Å². The molecule has 0 bridgehead atoms. The summed E-state index contributed by atoms with van der Waals surface area (Å²) in [6.07, 6.45) is 0.441. The van der Waals surface area contributed by atoms with Crippen molar-refractivity contribution in [1.82, 2.24) is 20.1 Å². The number of phenols is 2. The Morgan fingerprint density at radius 2 is 1.85 bits per heavy atom. The van der Waals surface area contributed by atoms with Crippen LogP contribution >= 0.6 is 11.6 Å². The van der Waals surface area contributed by atoms with Crippen LogP contribution in [0.1, 0.15) is 58.4 Å². The van der Waals surface area contributed by atoms with Gasteiger partial charge in [-0.05, 0) is 55.8 Å². The standard InChI is InChI=1S/C30H28ClN5O5/c1-17-34-35-30-23(16-27(39)32-14-4-7-25(37)21-5-3-6-26(38)29(21)40)33-28(18-8-10-19(31)11-9-18)22-15-20(41-2)12-13-24(22)36(17)30/h3,5-6,8-13,15,23,38,40H,4,7,14,16H2,1-2H3,(H,32,39)/t23-/m0/s1. The number of para-hydroxylation sites is 1. The Morgan fingerprint density at radius 3 is 2.61 bits per heavy atom. The van der Waals surface area contributed by atoms with Crippen molar-refractivity contribution >= 4 is 29.0 Å². The van der Waals surface area contributed by atoms with Crippen molar-refractivity contribution in [3.63, 3.8) is 0 Å². The Labute approximate surface area is 241 Å². The van der Waals surface area contributed by atoms with Gasteiger partial charge in [0.25, 0.3) is 0 Å². The first kappa shape index (κ1) is 27.9. The highest BCUT2D eigenvalue weighted by Crippen LogP contribution is 2.34. The number of ether oxygens (including phenoxy) is 1. The Hall–Kier alpha value is -4.70. The Morgan fingerprint density at radius 1 is 1.07 bits per heavy atom. The van der Waals surface area contributed by atoms with Gasteiger partial charge in [-0.1, -0.05) is 29.8 Å². The van der Waals surface area contributed by atoms with Gasteiger partial charge in [0.2, 0.25) is 5.91 Å². The number of nitrogens with zero attached hydrogens (tertiary/aromatic N) is 4. The second kappa shape index (κ2) is 11.8. The number of phenolic OH excluding ortho intramolecular Hbond substituents is 2. The minimum Gasteiger partial charge on any atom is -0.504 e. The quantitative estimate of drug-likeness (QED) is 0.150. The van der Waals surface area contributed by atoms with Crippen molar-refractivity contribution in [2.24, 2.45) is 4.99 Å². The van der Waals surface area contributed by atoms with Gasteiger partial charge in [0.15, 0.2) is 23.1 Å². The number of halogens is 1. The van der Waals surface area contributed by atoms with E-state index in [0.717, 1.165) is 16.8 Å². The van der Waals surface area contributed by atoms with E-state index in [0.29, 0.717) is 34.6 Å². The van der Waals surface area contributed by atoms with Crippen molar-refractivity contribution in [3.05, 3.63) is 94.0 Å². The molecule has 0 fully saturated rings. The molecule has 0 saturated carbocycles. The molecule has 41 heavy (non-hydrogen) atoms. The summed E-state index contributed by atoms with van der Waals surface area (Å²) in [5.41, 5.74) is 3.14. The number of Topliss-reactive ketones (excluding diaryl/α,β-unsaturated/α-hetero) is 1. The fraction of sp³-hybridized carbons (Fsp3) is 0.233. The molecule has 11 heteroatoms. The van der Waals surface area contributed by atoms with E-state index in [1.807, 2.05) is 41.8 Å². The predicted molar refractivity (Wildman–Crippen MR) is 153 cm³/mol. The molecular weight excluding hydrogens is 546 g/mol. The van der Waals surface area contributed by atoms with E-state index in [1.54, 1.807) is 19.2 Å². The third-order valence-corrected chi connectivity index (χ3v) is 7.10. The van der Waals surface area contributed by atoms with E-state index in [-0.39, 0.29) is 42.4 Å². The molecule has 1 aliphatic heterocycles. The highest BCUT2D eigenvalue weighted by Gasteiger charge is 2.30. The number of aryl methyl sites for hydroxylation is 1. The Bertz CT molecular complexity index is 1650. The molecule has 0 saturated heterocycles. The van der Waals surface area contributed by atoms with Gasteiger partial charge in [-0.15, -0.1) is 10.2 Å². The maximum Gasteiger partial charge on any atom is 0.222 e. The summed E-state index contributed by atoms with van der Waals surface area (Å²) < 4.78 is 7.40. The monoisotopic (exact) mass is 573 g/mol. The fourth-order valence-corrected chi connectivity index (χ4v) is 4.92. The molecule has 1 amide bonds. The van der Waals surface area contributed by atoms with Crippen LogP contribution in [0.4, 0.5) is 0 Å². The lowest BCUT2D eigenvalue weighted by Gasteiger charge is -2.14. The third kappa shape index (κ3) is 5.78. The first-order valence-corrected chi connectivity index (χ1v) is 13.4. The second-order valence-electron chi connectivity index (χ2n) is 9.58. The van der Waals surface area contributed by atoms with Gasteiger partial charge in [0.1, 0.15) is 17.6 Å². The van der Waals surface area contributed by atoms with Gasteiger partial charge in [-0.3, -0.25) is 19.1 Å². The molecule has 10 nitrogen and oxygen atoms in total. The van der Waals surface area contributed by atoms with Crippen LogP contribution in [0.2, 0.25) is 5.02 Å². The van der Waals surface area contributed by atoms with E-state index in [1.165, 1.54) is 18.2 Å². The molecule has 3 N–H and O–H groups in total. The van der Waals surface area contributed by atoms with Gasteiger partial charge in [0, 0.05) is 29.1 Å². The number of aliphatic imine (C=N–C) groups is 1. The molecule has 5 rings (SSSR count). The summed E-state index contributed by atoms with van der Waals surface area (Å²) in [4.78, 5) is 30.6. The zero-order valence-corrected chi connectivity index (χ0v) is 23.2. The average Bonchev–Trinajstić information content (AvgIpc) is 3.29. The number of rotatable bonds is 9. The number of hydrogen-bond donors (Lipinski definition) is 3. The molecule has 210 valence electrons. The largest absolute Gasteiger partial charge is 0.504 e. The molecule has 0 unspecified atom stereocenters. The lowest BCUT2D eigenvalue weighted by Crippen LogP contribution is -2.27. The Balaban J connectivity index is 1.37. The normalized spacial score (nSPS) is 13.9. The number of methoxy groups -OCH3 is 1. The van der Waals surface area contributed by atoms with Crippen molar-refractivity contribution in [1.29, 1.82) is 0 Å². The molecule has 0 aliphatic carbocycles. The molecule has 0 spiro atoms. The maximum atomic E-state index is 13.1. The molecule has 1 aromatic heterocycles. The van der Waals surface area contributed by atoms with Crippen molar-refractivity contribution in [2.45, 2.75) is 32.2 Å². The van der Waals surface area contributed by atoms with Crippen LogP contribution in [-0.2, 0) is 4.79 Å². The van der Waals surface area contributed by atoms with Gasteiger partial charge in [-0.2, -0.15) is 0 Å². The van der Waals surface area contributed by atoms with Gasteiger partial charge >= 0.3 is 0 Å². The van der Waals surface area contributed by atoms with Crippen LogP contribution in [-0.4, -0.2) is 56.0 Å². The van der Waals surface area contributed by atoms with Crippen molar-refractivity contribution in [2.75, 3.05) is 13.7 Å². The fourth-order valence-electron chi connectivity index (χ4n) is 4.79. The van der Waals surface area contributed by atoms with E-state index in [9.17, 15) is 19.8 Å². The molecule has 0 radical (unpaired) electrons. The summed E-state index contributed by atoms with van der Waals surface area (Å²) in [5.74, 6) is 0.447. The number of carbonyl (C=O) groups excluding carboxylic acids is 2. The molecule has 4 aromatic rings. The number of fused-ring (bicyclic) bond motifs is 3. The van der Waals surface area contributed by atoms with Crippen LogP contribution in [0.25, 0.3) is 5.69 Å². The zero-order chi connectivity index (χ0) is 29.1. The number of aromatic hydroxyl groups is 2.